The van der Waals surface area contributed by atoms with Crippen LogP contribution in [-0.2, 0) is 19.1 Å². The third-order valence-electron chi connectivity index (χ3n) is 6.47. The van der Waals surface area contributed by atoms with E-state index in [2.05, 4.69) is 6.92 Å². The van der Waals surface area contributed by atoms with Gasteiger partial charge in [-0.15, -0.1) is 0 Å². The van der Waals surface area contributed by atoms with E-state index in [-0.39, 0.29) is 25.6 Å². The fraction of sp³-hybridized carbons (Fsp3) is 0.931. The molecule has 6 heteroatoms. The lowest BCUT2D eigenvalue weighted by Crippen LogP contribution is -2.27. The first-order valence-corrected chi connectivity index (χ1v) is 14.7. The number of carbonyl (C=O) groups is 2. The summed E-state index contributed by atoms with van der Waals surface area (Å²) in [4.78, 5) is 22.4. The fourth-order valence-electron chi connectivity index (χ4n) is 4.23. The number of ether oxygens (including phenoxy) is 2. The number of aliphatic hydroxyl groups is 1. The number of carbonyl (C=O) groups excluding carboxylic acids is 1. The number of aliphatic carboxylic acids is 1. The van der Waals surface area contributed by atoms with E-state index >= 15 is 0 Å². The molecule has 0 aromatic rings. The molecule has 0 aromatic carbocycles. The standard InChI is InChI=1S/C29H56O6/c1-2-3-4-5-6-7-8-9-10-11-12-13-14-18-21-24-34-26-27(25-30)35-29(33)23-20-17-15-16-19-22-28(31)32/h27,30H,2-26H2,1H3,(H,31,32). The molecule has 0 saturated carbocycles. The minimum Gasteiger partial charge on any atom is -0.481 e. The highest BCUT2D eigenvalue weighted by Gasteiger charge is 2.13. The molecule has 0 heterocycles. The van der Waals surface area contributed by atoms with Crippen LogP contribution in [0.5, 0.6) is 0 Å². The van der Waals surface area contributed by atoms with Crippen LogP contribution in [0.3, 0.4) is 0 Å². The Morgan fingerprint density at radius 1 is 0.629 bits per heavy atom. The second-order valence-corrected chi connectivity index (χ2v) is 9.98. The van der Waals surface area contributed by atoms with Gasteiger partial charge in [0.05, 0.1) is 13.2 Å². The van der Waals surface area contributed by atoms with Crippen LogP contribution < -0.4 is 0 Å². The molecule has 35 heavy (non-hydrogen) atoms. The molecule has 0 rings (SSSR count). The molecular formula is C29H56O6. The Morgan fingerprint density at radius 2 is 1.06 bits per heavy atom. The summed E-state index contributed by atoms with van der Waals surface area (Å²) in [5.74, 6) is -1.06. The van der Waals surface area contributed by atoms with Gasteiger partial charge in [0.1, 0.15) is 6.10 Å². The lowest BCUT2D eigenvalue weighted by molar-refractivity contribution is -0.154. The maximum Gasteiger partial charge on any atom is 0.306 e. The van der Waals surface area contributed by atoms with Gasteiger partial charge in [0, 0.05) is 19.4 Å². The Balaban J connectivity index is 3.39. The number of rotatable bonds is 28. The van der Waals surface area contributed by atoms with Crippen LogP contribution in [0.1, 0.15) is 148 Å². The van der Waals surface area contributed by atoms with Crippen molar-refractivity contribution in [1.29, 1.82) is 0 Å². The van der Waals surface area contributed by atoms with Crippen molar-refractivity contribution >= 4 is 11.9 Å². The SMILES string of the molecule is CCCCCCCCCCCCCCCCCOCC(CO)OC(=O)CCCCCCCC(=O)O. The van der Waals surface area contributed by atoms with Crippen molar-refractivity contribution in [2.45, 2.75) is 154 Å². The number of carboxylic acid groups (broad SMARTS) is 1. The molecule has 6 nitrogen and oxygen atoms in total. The van der Waals surface area contributed by atoms with Crippen LogP contribution >= 0.6 is 0 Å². The third-order valence-corrected chi connectivity index (χ3v) is 6.47. The average molecular weight is 501 g/mol. The zero-order valence-corrected chi connectivity index (χ0v) is 22.8. The molecule has 0 bridgehead atoms. The molecular weight excluding hydrogens is 444 g/mol. The smallest absolute Gasteiger partial charge is 0.306 e. The molecule has 0 saturated heterocycles. The quantitative estimate of drug-likeness (QED) is 0.0849. The average Bonchev–Trinajstić information content (AvgIpc) is 2.84. The monoisotopic (exact) mass is 500 g/mol. The number of carboxylic acids is 1. The Bertz CT molecular complexity index is 468. The molecule has 1 unspecified atom stereocenters. The highest BCUT2D eigenvalue weighted by atomic mass is 16.6. The second-order valence-electron chi connectivity index (χ2n) is 9.98. The van der Waals surface area contributed by atoms with Crippen molar-refractivity contribution < 1.29 is 29.3 Å². The Hall–Kier alpha value is -1.14. The van der Waals surface area contributed by atoms with Crippen LogP contribution in [0.15, 0.2) is 0 Å². The van der Waals surface area contributed by atoms with E-state index in [1.807, 2.05) is 0 Å². The van der Waals surface area contributed by atoms with Gasteiger partial charge >= 0.3 is 11.9 Å². The van der Waals surface area contributed by atoms with Gasteiger partial charge < -0.3 is 19.7 Å². The molecule has 0 fully saturated rings. The normalized spacial score (nSPS) is 12.1. The molecule has 0 spiro atoms. The largest absolute Gasteiger partial charge is 0.481 e. The number of unbranched alkanes of at least 4 members (excludes halogenated alkanes) is 18. The lowest BCUT2D eigenvalue weighted by Gasteiger charge is -2.15. The molecule has 1 atom stereocenters. The first-order valence-electron chi connectivity index (χ1n) is 14.7. The Labute approximate surface area is 215 Å². The minimum atomic E-state index is -0.759. The summed E-state index contributed by atoms with van der Waals surface area (Å²) in [6, 6.07) is 0. The van der Waals surface area contributed by atoms with E-state index in [1.165, 1.54) is 83.5 Å². The van der Waals surface area contributed by atoms with Crippen molar-refractivity contribution in [1.82, 2.24) is 0 Å². The third kappa shape index (κ3) is 27.3. The lowest BCUT2D eigenvalue weighted by atomic mass is 10.0. The van der Waals surface area contributed by atoms with Gasteiger partial charge in [0.2, 0.25) is 0 Å². The number of hydrogen-bond donors (Lipinski definition) is 2. The first kappa shape index (κ1) is 33.9. The van der Waals surface area contributed by atoms with E-state index in [9.17, 15) is 14.7 Å². The summed E-state index contributed by atoms with van der Waals surface area (Å²) in [5.41, 5.74) is 0. The summed E-state index contributed by atoms with van der Waals surface area (Å²) < 4.78 is 10.9. The fourth-order valence-corrected chi connectivity index (χ4v) is 4.23. The van der Waals surface area contributed by atoms with Gasteiger partial charge in [-0.3, -0.25) is 9.59 Å². The van der Waals surface area contributed by atoms with E-state index < -0.39 is 12.1 Å². The highest BCUT2D eigenvalue weighted by molar-refractivity contribution is 5.69. The molecule has 0 aliphatic rings. The van der Waals surface area contributed by atoms with Crippen LogP contribution in [0, 0.1) is 0 Å². The topological polar surface area (TPSA) is 93.1 Å². The summed E-state index contributed by atoms with van der Waals surface area (Å²) >= 11 is 0. The molecule has 0 radical (unpaired) electrons. The summed E-state index contributed by atoms with van der Waals surface area (Å²) in [7, 11) is 0. The second kappa shape index (κ2) is 27.4. The summed E-state index contributed by atoms with van der Waals surface area (Å²) in [6.07, 6.45) is 24.0. The molecule has 208 valence electrons. The molecule has 2 N–H and O–H groups in total. The van der Waals surface area contributed by atoms with Gasteiger partial charge in [0.15, 0.2) is 0 Å². The Kier molecular flexibility index (Phi) is 26.6. The zero-order chi connectivity index (χ0) is 25.8. The van der Waals surface area contributed by atoms with Crippen LogP contribution in [-0.4, -0.2) is 48.1 Å². The maximum atomic E-state index is 11.9. The molecule has 0 amide bonds. The van der Waals surface area contributed by atoms with Crippen molar-refractivity contribution in [2.24, 2.45) is 0 Å². The van der Waals surface area contributed by atoms with E-state index in [1.54, 1.807) is 0 Å². The van der Waals surface area contributed by atoms with Gasteiger partial charge in [-0.2, -0.15) is 0 Å². The predicted molar refractivity (Wildman–Crippen MR) is 143 cm³/mol. The van der Waals surface area contributed by atoms with E-state index in [0.717, 1.165) is 38.5 Å². The minimum absolute atomic E-state index is 0.208. The number of aliphatic hydroxyl groups excluding tert-OH is 1. The van der Waals surface area contributed by atoms with Crippen molar-refractivity contribution in [2.75, 3.05) is 19.8 Å². The molecule has 0 aliphatic carbocycles. The molecule has 0 aliphatic heterocycles. The van der Waals surface area contributed by atoms with Crippen molar-refractivity contribution in [3.05, 3.63) is 0 Å². The number of esters is 1. The van der Waals surface area contributed by atoms with Crippen LogP contribution in [0.4, 0.5) is 0 Å². The maximum absolute atomic E-state index is 11.9. The van der Waals surface area contributed by atoms with Gasteiger partial charge in [0.25, 0.3) is 0 Å². The van der Waals surface area contributed by atoms with Gasteiger partial charge in [-0.1, -0.05) is 116 Å². The Morgan fingerprint density at radius 3 is 1.51 bits per heavy atom. The number of hydrogen-bond acceptors (Lipinski definition) is 5. The summed E-state index contributed by atoms with van der Waals surface area (Å²) in [5, 5.41) is 18.0. The van der Waals surface area contributed by atoms with Crippen molar-refractivity contribution in [3.63, 3.8) is 0 Å². The predicted octanol–water partition coefficient (Wildman–Crippen LogP) is 7.59. The van der Waals surface area contributed by atoms with Gasteiger partial charge in [-0.05, 0) is 19.3 Å². The van der Waals surface area contributed by atoms with Crippen LogP contribution in [0.2, 0.25) is 0 Å². The van der Waals surface area contributed by atoms with Gasteiger partial charge in [-0.25, -0.2) is 0 Å². The van der Waals surface area contributed by atoms with E-state index in [4.69, 9.17) is 14.6 Å². The summed E-state index contributed by atoms with van der Waals surface area (Å²) in [6.45, 7) is 2.93. The first-order chi connectivity index (χ1) is 17.1. The molecule has 0 aromatic heterocycles. The zero-order valence-electron chi connectivity index (χ0n) is 22.8. The van der Waals surface area contributed by atoms with Crippen LogP contribution in [0.25, 0.3) is 0 Å². The highest BCUT2D eigenvalue weighted by Crippen LogP contribution is 2.13. The van der Waals surface area contributed by atoms with Crippen molar-refractivity contribution in [3.8, 4) is 0 Å². The van der Waals surface area contributed by atoms with E-state index in [0.29, 0.717) is 19.4 Å².